The van der Waals surface area contributed by atoms with Crippen LogP contribution in [0.5, 0.6) is 17.2 Å². The number of rotatable bonds is 29. The summed E-state index contributed by atoms with van der Waals surface area (Å²) in [5.41, 5.74) is 25.5. The Bertz CT molecular complexity index is 4020. The van der Waals surface area contributed by atoms with E-state index in [1.165, 1.54) is 74.5 Å². The van der Waals surface area contributed by atoms with Crippen molar-refractivity contribution in [2.75, 3.05) is 117 Å². The third-order valence-corrected chi connectivity index (χ3v) is 31.7. The van der Waals surface area contributed by atoms with E-state index in [1.54, 1.807) is 89.5 Å². The van der Waals surface area contributed by atoms with Gasteiger partial charge in [-0.05, 0) is 319 Å². The summed E-state index contributed by atoms with van der Waals surface area (Å²) in [6.07, 6.45) is 24.6. The molecule has 13 N–H and O–H groups in total. The molecule has 2 heterocycles. The van der Waals surface area contributed by atoms with E-state index in [0.29, 0.717) is 52.6 Å². The molecule has 7 aliphatic rings. The van der Waals surface area contributed by atoms with Crippen molar-refractivity contribution in [2.24, 2.45) is 70.5 Å². The zero-order chi connectivity index (χ0) is 96.4. The fraction of sp³-hybridized carbons (Fsp3) is 0.691. The van der Waals surface area contributed by atoms with Crippen molar-refractivity contribution in [1.29, 1.82) is 0 Å². The van der Waals surface area contributed by atoms with Gasteiger partial charge in [0, 0.05) is 150 Å². The third kappa shape index (κ3) is 45.1. The van der Waals surface area contributed by atoms with E-state index in [-0.39, 0.29) is 49.9 Å². The normalized spacial score (nSPS) is 24.7. The Morgan fingerprint density at radius 1 is 0.392 bits per heavy atom. The molecule has 742 valence electrons. The van der Waals surface area contributed by atoms with Gasteiger partial charge in [-0.15, -0.1) is 0 Å². The maximum absolute atomic E-state index is 13.5. The minimum absolute atomic E-state index is 0.104. The number of ether oxygens (including phenoxy) is 3. The van der Waals surface area contributed by atoms with Crippen molar-refractivity contribution < 1.29 is 61.7 Å². The first kappa shape index (κ1) is 115. The number of nitrogens with two attached hydrogens (primary N) is 3. The van der Waals surface area contributed by atoms with Crippen LogP contribution in [-0.4, -0.2) is 180 Å². The molecule has 0 amide bonds. The molecule has 0 spiro atoms. The van der Waals surface area contributed by atoms with Crippen molar-refractivity contribution >= 4 is 116 Å². The van der Waals surface area contributed by atoms with Crippen LogP contribution >= 0.6 is 23.2 Å². The molecule has 2 saturated heterocycles. The molecule has 33 heteroatoms. The number of benzene rings is 5. The summed E-state index contributed by atoms with van der Waals surface area (Å²) in [6, 6.07) is 35.6. The van der Waals surface area contributed by atoms with E-state index in [0.717, 1.165) is 219 Å². The van der Waals surface area contributed by atoms with Crippen molar-refractivity contribution in [3.63, 3.8) is 0 Å². The second kappa shape index (κ2) is 60.3. The number of halogens is 3. The van der Waals surface area contributed by atoms with Crippen LogP contribution in [0.3, 0.4) is 0 Å². The third-order valence-electron chi connectivity index (χ3n) is 25.1. The largest absolute Gasteiger partial charge is 0.772 e. The minimum Gasteiger partial charge on any atom is -0.772 e. The van der Waals surface area contributed by atoms with Crippen LogP contribution in [0, 0.1) is 59.1 Å². The highest BCUT2D eigenvalue weighted by Gasteiger charge is 2.31. The predicted molar refractivity (Wildman–Crippen MR) is 542 cm³/mol. The summed E-state index contributed by atoms with van der Waals surface area (Å²) >= 11 is 6.49. The molecule has 3 unspecified atom stereocenters. The number of nitrogens with zero attached hydrogens (tertiary/aromatic N) is 2. The molecule has 7 fully saturated rings. The first-order valence-corrected chi connectivity index (χ1v) is 54.6. The van der Waals surface area contributed by atoms with E-state index in [9.17, 15) is 47.5 Å². The molecule has 5 aromatic carbocycles. The van der Waals surface area contributed by atoms with Gasteiger partial charge in [0.2, 0.25) is 20.0 Å². The van der Waals surface area contributed by atoms with Gasteiger partial charge in [-0.1, -0.05) is 126 Å². The summed E-state index contributed by atoms with van der Waals surface area (Å²) in [4.78, 5) is 5.03. The smallest absolute Gasteiger partial charge is 0.214 e. The number of nitrogens with one attached hydrogen (secondary N) is 7. The monoisotopic (exact) mass is 1950 g/mol. The molecule has 12 rings (SSSR count). The maximum atomic E-state index is 13.5. The van der Waals surface area contributed by atoms with Gasteiger partial charge in [-0.3, -0.25) is 12.6 Å². The van der Waals surface area contributed by atoms with Crippen molar-refractivity contribution in [3.8, 4) is 17.2 Å². The first-order chi connectivity index (χ1) is 61.4. The van der Waals surface area contributed by atoms with Crippen molar-refractivity contribution in [2.45, 2.75) is 295 Å². The Hall–Kier alpha value is -5.36. The second-order valence-electron chi connectivity index (χ2n) is 38.4. The van der Waals surface area contributed by atoms with Crippen LogP contribution in [0.15, 0.2) is 103 Å². The quantitative estimate of drug-likeness (QED) is 0.0199. The molecule has 130 heavy (non-hydrogen) atoms. The lowest BCUT2D eigenvalue weighted by atomic mass is 9.86. The molecule has 25 nitrogen and oxygen atoms in total. The average molecular weight is 1950 g/mol. The highest BCUT2D eigenvalue weighted by Crippen LogP contribution is 2.36. The Morgan fingerprint density at radius 3 is 0.946 bits per heavy atom. The van der Waals surface area contributed by atoms with Crippen LogP contribution in [0.25, 0.3) is 0 Å². The Kier molecular flexibility index (Phi) is 53.4. The summed E-state index contributed by atoms with van der Waals surface area (Å²) < 4.78 is 141. The molecule has 0 aromatic heterocycles. The van der Waals surface area contributed by atoms with Gasteiger partial charge in [0.05, 0.1) is 42.5 Å². The summed E-state index contributed by atoms with van der Waals surface area (Å²) in [7, 11) is -1.55. The molecular weight excluding hydrogens is 1790 g/mol. The van der Waals surface area contributed by atoms with Gasteiger partial charge in [0.15, 0.2) is 11.6 Å². The lowest BCUT2D eigenvalue weighted by molar-refractivity contribution is 0.323. The zero-order valence-corrected chi connectivity index (χ0v) is 86.4. The fourth-order valence-corrected chi connectivity index (χ4v) is 19.3. The summed E-state index contributed by atoms with van der Waals surface area (Å²) in [5.74, 6) is 7.85. The van der Waals surface area contributed by atoms with E-state index in [2.05, 4.69) is 122 Å². The van der Waals surface area contributed by atoms with Crippen molar-refractivity contribution in [1.82, 2.24) is 9.44 Å². The minimum atomic E-state index is -3.16. The van der Waals surface area contributed by atoms with Crippen LogP contribution < -0.4 is 77.2 Å². The molecule has 5 saturated carbocycles. The molecular formula is C97H162Cl2FN12O13S5-3. The Morgan fingerprint density at radius 2 is 0.662 bits per heavy atom. The van der Waals surface area contributed by atoms with Gasteiger partial charge >= 0.3 is 0 Å². The van der Waals surface area contributed by atoms with Crippen molar-refractivity contribution in [3.05, 3.63) is 119 Å². The lowest BCUT2D eigenvalue weighted by Crippen LogP contribution is -2.41. The van der Waals surface area contributed by atoms with Crippen LogP contribution in [0.2, 0.25) is 10.0 Å². The standard InChI is InChI=1S/2C23H39N3O2S.2C14H21ClN2O.C14H21FN2O.3C3H8O2S/c2*1-17(2)29(27,28)25-22-7-5-20(6-8-22)14-24-21-9-11-23(12-10-21)26-15-18(3)13-19(4)16-26;1-18-14-7-4-11(15)8-13(14)17-9-10-2-5-12(16)6-3-10;2*1-18-14-7-6-12(8-13(14)15)17-9-10-2-4-11(16)5-3-10;3*1-3(2)6(4)5/h2*9-12,17-20,22,24-25H,5-8,13-16H2,1-4H3;4,7-8,10,12,17H,2-3,5-6,9,16H2,1H3;2*6-8,10-11,17H,2-5,9,16H2,1H3;3*3H,1-2H3,(H,4,5)/p-3/t18-,19+,20?,22?;18-,19-,20?,22?;;;;;;/m.1....../s1. The lowest BCUT2D eigenvalue weighted by Gasteiger charge is -2.36. The number of hydrogen-bond acceptors (Lipinski definition) is 23. The number of hydrogen-bond donors (Lipinski definition) is 10. The summed E-state index contributed by atoms with van der Waals surface area (Å²) in [6.45, 7) is 35.5. The van der Waals surface area contributed by atoms with E-state index >= 15 is 0 Å². The molecule has 0 bridgehead atoms. The van der Waals surface area contributed by atoms with Gasteiger partial charge in [0.1, 0.15) is 11.5 Å². The highest BCUT2D eigenvalue weighted by molar-refractivity contribution is 7.90. The molecule has 2 aliphatic heterocycles. The Labute approximate surface area is 799 Å². The van der Waals surface area contributed by atoms with Gasteiger partial charge < -0.3 is 81.5 Å². The molecule has 5 aromatic rings. The van der Waals surface area contributed by atoms with Crippen LogP contribution in [-0.2, 0) is 53.3 Å². The van der Waals surface area contributed by atoms with Gasteiger partial charge in [-0.2, -0.15) is 0 Å². The molecule has 0 radical (unpaired) electrons. The molecule has 5 aliphatic carbocycles. The van der Waals surface area contributed by atoms with Gasteiger partial charge in [0.25, 0.3) is 0 Å². The van der Waals surface area contributed by atoms with Crippen LogP contribution in [0.4, 0.5) is 44.2 Å². The topological polar surface area (TPSA) is 385 Å². The first-order valence-electron chi connectivity index (χ1n) is 47.4. The van der Waals surface area contributed by atoms with E-state index < -0.39 is 53.3 Å². The van der Waals surface area contributed by atoms with E-state index in [1.807, 2.05) is 42.5 Å². The predicted octanol–water partition coefficient (Wildman–Crippen LogP) is 19.1. The number of anilines is 7. The number of methoxy groups -OCH3 is 3. The van der Waals surface area contributed by atoms with Gasteiger partial charge in [-0.25, -0.2) is 30.7 Å². The SMILES string of the molecule is CC(C)S(=O)(=O)NC1CCC(CNc2ccc(N3C[C@H](C)C[C@@H](C)C3)cc2)CC1.CC(C)S(=O)(=O)NC1CCC(CNc2ccc(N3C[C@H](C)C[C@H](C)C3)cc2)CC1.CC(C)S(=O)[O-].CC(C)S(=O)[O-].CC(C)S(=O)[O-].COc1ccc(Cl)cc1NCC1CCC(N)CC1.COc1ccc(NCC2CCC(N)CC2)cc1Cl.COc1ccc(NCC2CCC(N)CC2)cc1F. The summed E-state index contributed by atoms with van der Waals surface area (Å²) in [5, 5.41) is 17.3. The molecule has 7 atom stereocenters. The highest BCUT2D eigenvalue weighted by atomic mass is 35.5. The number of piperidine rings is 2. The fourth-order valence-electron chi connectivity index (χ4n) is 16.9. The second-order valence-corrected chi connectivity index (χ2v) is 48.1. The number of sulfonamides is 2. The average Bonchev–Trinajstić information content (AvgIpc) is 0.844. The van der Waals surface area contributed by atoms with Crippen LogP contribution in [0.1, 0.15) is 238 Å². The Balaban J connectivity index is 0.000000278. The maximum Gasteiger partial charge on any atom is 0.214 e. The zero-order valence-electron chi connectivity index (χ0n) is 80.8. The van der Waals surface area contributed by atoms with E-state index in [4.69, 9.17) is 54.6 Å².